The molecule has 15 heteroatoms. The third kappa shape index (κ3) is 8.77. The lowest BCUT2D eigenvalue weighted by Crippen LogP contribution is -2.50. The van der Waals surface area contributed by atoms with E-state index in [1.807, 2.05) is 0 Å². The van der Waals surface area contributed by atoms with Gasteiger partial charge in [0.15, 0.2) is 0 Å². The van der Waals surface area contributed by atoms with E-state index in [9.17, 15) is 37.1 Å². The molecule has 0 aliphatic carbocycles. The molecule has 3 aromatic carbocycles. The minimum Gasteiger partial charge on any atom is -0.465 e. The summed E-state index contributed by atoms with van der Waals surface area (Å²) in [4.78, 5) is 67.6. The van der Waals surface area contributed by atoms with E-state index in [1.165, 1.54) is 61.5 Å². The Morgan fingerprint density at radius 2 is 1.46 bits per heavy atom. The van der Waals surface area contributed by atoms with Gasteiger partial charge in [0.2, 0.25) is 5.41 Å². The second-order valence-electron chi connectivity index (χ2n) is 11.4. The first-order valence-corrected chi connectivity index (χ1v) is 16.7. The van der Waals surface area contributed by atoms with Crippen LogP contribution in [0.15, 0.2) is 78.2 Å². The summed E-state index contributed by atoms with van der Waals surface area (Å²) < 4.78 is 60.5. The molecule has 0 saturated heterocycles. The summed E-state index contributed by atoms with van der Waals surface area (Å²) in [7, 11) is 2.93. The van der Waals surface area contributed by atoms with E-state index >= 15 is 0 Å². The molecular formula is C37H35F3N2O9S. The van der Waals surface area contributed by atoms with Crippen LogP contribution in [0.4, 0.5) is 23.7 Å². The molecule has 0 aliphatic heterocycles. The van der Waals surface area contributed by atoms with Crippen molar-refractivity contribution in [1.82, 2.24) is 4.90 Å². The molecule has 4 aromatic rings. The van der Waals surface area contributed by atoms with Crippen molar-refractivity contribution in [3.05, 3.63) is 105 Å². The Morgan fingerprint density at radius 3 is 2.02 bits per heavy atom. The SMILES string of the molecule is CCOC(=O)C(COC(=O)Oc1ccc(NC(=O)c2ccc(C)cc2-c2ccc(C(F)(F)F)cc2)c(C(=O)N(C)C)c1)(C(=O)OCC)c1cccs1. The molecule has 274 valence electrons. The van der Waals surface area contributed by atoms with Gasteiger partial charge in [0.1, 0.15) is 12.4 Å². The Kier molecular flexibility index (Phi) is 12.4. The number of rotatable bonds is 12. The highest BCUT2D eigenvalue weighted by molar-refractivity contribution is 7.10. The second kappa shape index (κ2) is 16.5. The average Bonchev–Trinajstić information content (AvgIpc) is 3.64. The van der Waals surface area contributed by atoms with Gasteiger partial charge in [-0.3, -0.25) is 19.2 Å². The molecule has 0 saturated carbocycles. The van der Waals surface area contributed by atoms with Crippen molar-refractivity contribution in [1.29, 1.82) is 0 Å². The van der Waals surface area contributed by atoms with E-state index in [0.29, 0.717) is 11.1 Å². The van der Waals surface area contributed by atoms with Crippen molar-refractivity contribution >= 4 is 46.9 Å². The van der Waals surface area contributed by atoms with Gasteiger partial charge in [0.05, 0.1) is 30.0 Å². The fourth-order valence-electron chi connectivity index (χ4n) is 5.03. The largest absolute Gasteiger partial charge is 0.513 e. The number of anilines is 1. The predicted molar refractivity (Wildman–Crippen MR) is 185 cm³/mol. The van der Waals surface area contributed by atoms with Crippen LogP contribution in [-0.4, -0.2) is 68.7 Å². The number of nitrogens with zero attached hydrogens (tertiary/aromatic N) is 1. The molecule has 0 aliphatic rings. The van der Waals surface area contributed by atoms with Crippen LogP contribution in [0.1, 0.15) is 50.6 Å². The van der Waals surface area contributed by atoms with Crippen molar-refractivity contribution in [2.24, 2.45) is 0 Å². The maximum atomic E-state index is 13.6. The number of hydrogen-bond donors (Lipinski definition) is 1. The number of nitrogens with one attached hydrogen (secondary N) is 1. The molecule has 0 unspecified atom stereocenters. The second-order valence-corrected chi connectivity index (χ2v) is 12.4. The Balaban J connectivity index is 1.60. The number of benzene rings is 3. The van der Waals surface area contributed by atoms with Gasteiger partial charge >= 0.3 is 24.3 Å². The fourth-order valence-corrected chi connectivity index (χ4v) is 5.92. The summed E-state index contributed by atoms with van der Waals surface area (Å²) >= 11 is 1.06. The number of carbonyl (C=O) groups excluding carboxylic acids is 5. The number of esters is 2. The van der Waals surface area contributed by atoms with Crippen LogP contribution in [0, 0.1) is 6.92 Å². The van der Waals surface area contributed by atoms with Crippen LogP contribution in [0.2, 0.25) is 0 Å². The number of ether oxygens (including phenoxy) is 4. The number of aryl methyl sites for hydroxylation is 1. The normalized spacial score (nSPS) is 11.3. The first kappa shape index (κ1) is 39.1. The van der Waals surface area contributed by atoms with Crippen LogP contribution in [0.3, 0.4) is 0 Å². The van der Waals surface area contributed by atoms with Gasteiger partial charge in [0, 0.05) is 24.5 Å². The lowest BCUT2D eigenvalue weighted by molar-refractivity contribution is -0.167. The Hall–Kier alpha value is -5.70. The van der Waals surface area contributed by atoms with Crippen LogP contribution < -0.4 is 10.1 Å². The van der Waals surface area contributed by atoms with Crippen molar-refractivity contribution < 1.29 is 56.1 Å². The van der Waals surface area contributed by atoms with E-state index in [4.69, 9.17) is 18.9 Å². The van der Waals surface area contributed by atoms with E-state index in [-0.39, 0.29) is 40.7 Å². The summed E-state index contributed by atoms with van der Waals surface area (Å²) in [6, 6.07) is 16.1. The van der Waals surface area contributed by atoms with Crippen molar-refractivity contribution in [3.8, 4) is 16.9 Å². The maximum absolute atomic E-state index is 13.6. The molecular weight excluding hydrogens is 705 g/mol. The fraction of sp³-hybridized carbons (Fsp3) is 0.270. The van der Waals surface area contributed by atoms with E-state index in [2.05, 4.69) is 5.32 Å². The molecule has 1 aromatic heterocycles. The van der Waals surface area contributed by atoms with Crippen molar-refractivity contribution in [2.75, 3.05) is 39.2 Å². The minimum atomic E-state index is -4.53. The monoisotopic (exact) mass is 740 g/mol. The summed E-state index contributed by atoms with van der Waals surface area (Å²) in [5, 5.41) is 4.30. The number of thiophene rings is 1. The van der Waals surface area contributed by atoms with E-state index in [0.717, 1.165) is 29.0 Å². The van der Waals surface area contributed by atoms with Gasteiger partial charge in [0.25, 0.3) is 11.8 Å². The Labute approximate surface area is 301 Å². The molecule has 0 radical (unpaired) electrons. The highest BCUT2D eigenvalue weighted by Crippen LogP contribution is 2.35. The van der Waals surface area contributed by atoms with Crippen molar-refractivity contribution in [3.63, 3.8) is 0 Å². The molecule has 1 heterocycles. The number of halogens is 3. The third-order valence-corrected chi connectivity index (χ3v) is 8.65. The highest BCUT2D eigenvalue weighted by Gasteiger charge is 2.53. The average molecular weight is 741 g/mol. The quantitative estimate of drug-likeness (QED) is 0.0688. The van der Waals surface area contributed by atoms with Gasteiger partial charge in [-0.2, -0.15) is 13.2 Å². The van der Waals surface area contributed by atoms with Gasteiger partial charge < -0.3 is 29.2 Å². The van der Waals surface area contributed by atoms with E-state index < -0.39 is 53.7 Å². The standard InChI is InChI=1S/C37H35F3N2O9S/c1-6-48-33(45)36(34(46)49-7-2,30-9-8-18-52-30)21-50-35(47)51-25-15-17-29(28(20-25)32(44)42(4)5)41-31(43)26-16-10-22(3)19-27(26)23-11-13-24(14-12-23)37(38,39)40/h8-20H,6-7,21H2,1-5H3,(H,41,43). The van der Waals surface area contributed by atoms with Crippen LogP contribution in [-0.2, 0) is 35.4 Å². The summed E-state index contributed by atoms with van der Waals surface area (Å²) in [6.07, 6.45) is -5.86. The lowest BCUT2D eigenvalue weighted by atomic mass is 9.87. The van der Waals surface area contributed by atoms with E-state index in [1.54, 1.807) is 44.4 Å². The number of amides is 2. The van der Waals surface area contributed by atoms with Gasteiger partial charge in [-0.1, -0.05) is 35.9 Å². The smallest absolute Gasteiger partial charge is 0.465 e. The lowest BCUT2D eigenvalue weighted by Gasteiger charge is -2.27. The number of hydrogen-bond acceptors (Lipinski definition) is 10. The van der Waals surface area contributed by atoms with Gasteiger partial charge in [-0.05, 0) is 79.7 Å². The maximum Gasteiger partial charge on any atom is 0.513 e. The first-order chi connectivity index (χ1) is 24.6. The van der Waals surface area contributed by atoms with Crippen LogP contribution in [0.25, 0.3) is 11.1 Å². The topological polar surface area (TPSA) is 138 Å². The molecule has 1 N–H and O–H groups in total. The Bertz CT molecular complexity index is 1920. The molecule has 0 spiro atoms. The van der Waals surface area contributed by atoms with Crippen LogP contribution >= 0.6 is 11.3 Å². The van der Waals surface area contributed by atoms with Crippen molar-refractivity contribution in [2.45, 2.75) is 32.4 Å². The zero-order valence-corrected chi connectivity index (χ0v) is 29.6. The Morgan fingerprint density at radius 1 is 0.808 bits per heavy atom. The third-order valence-electron chi connectivity index (χ3n) is 7.62. The van der Waals surface area contributed by atoms with Gasteiger partial charge in [-0.15, -0.1) is 11.3 Å². The number of alkyl halides is 3. The summed E-state index contributed by atoms with van der Waals surface area (Å²) in [6.45, 7) is 3.91. The molecule has 11 nitrogen and oxygen atoms in total. The highest BCUT2D eigenvalue weighted by atomic mass is 32.1. The molecule has 0 fully saturated rings. The van der Waals surface area contributed by atoms with Gasteiger partial charge in [-0.25, -0.2) is 4.79 Å². The molecule has 0 bridgehead atoms. The number of carbonyl (C=O) groups is 5. The molecule has 0 atom stereocenters. The summed E-state index contributed by atoms with van der Waals surface area (Å²) in [5.41, 5.74) is -1.43. The zero-order chi connectivity index (χ0) is 38.2. The molecule has 2 amide bonds. The molecule has 52 heavy (non-hydrogen) atoms. The minimum absolute atomic E-state index is 0.0321. The zero-order valence-electron chi connectivity index (χ0n) is 28.8. The van der Waals surface area contributed by atoms with Crippen LogP contribution in [0.5, 0.6) is 5.75 Å². The summed E-state index contributed by atoms with van der Waals surface area (Å²) in [5.74, 6) is -3.40. The molecule has 4 rings (SSSR count). The first-order valence-electron chi connectivity index (χ1n) is 15.8. The predicted octanol–water partition coefficient (Wildman–Crippen LogP) is 7.28.